The zero-order valence-corrected chi connectivity index (χ0v) is 12.7. The van der Waals surface area contributed by atoms with Crippen molar-refractivity contribution in [2.24, 2.45) is 5.92 Å². The molecule has 0 amide bonds. The predicted octanol–water partition coefficient (Wildman–Crippen LogP) is 3.16. The highest BCUT2D eigenvalue weighted by atomic mass is 32.2. The van der Waals surface area contributed by atoms with Crippen LogP contribution in [0.5, 0.6) is 0 Å². The van der Waals surface area contributed by atoms with Crippen LogP contribution >= 0.6 is 0 Å². The summed E-state index contributed by atoms with van der Waals surface area (Å²) in [5.74, 6) is 0.639. The molecule has 0 bridgehead atoms. The molecule has 2 aromatic rings. The molecule has 0 saturated heterocycles. The van der Waals surface area contributed by atoms with E-state index in [9.17, 15) is 8.42 Å². The molecule has 0 N–H and O–H groups in total. The van der Waals surface area contributed by atoms with Gasteiger partial charge in [0, 0.05) is 12.4 Å². The summed E-state index contributed by atoms with van der Waals surface area (Å²) in [4.78, 5) is 0.350. The molecule has 0 fully saturated rings. The summed E-state index contributed by atoms with van der Waals surface area (Å²) in [6, 6.07) is 7.01. The van der Waals surface area contributed by atoms with Gasteiger partial charge in [0.05, 0.1) is 4.90 Å². The molecule has 0 radical (unpaired) electrons. The fourth-order valence-corrected chi connectivity index (χ4v) is 4.02. The minimum atomic E-state index is -3.45. The summed E-state index contributed by atoms with van der Waals surface area (Å²) in [5.41, 5.74) is 3.42. The van der Waals surface area contributed by atoms with Crippen molar-refractivity contribution in [3.63, 3.8) is 0 Å². The molecule has 4 heteroatoms. The zero-order chi connectivity index (χ0) is 14.3. The van der Waals surface area contributed by atoms with Crippen LogP contribution in [0.2, 0.25) is 0 Å². The molecule has 3 nitrogen and oxygen atoms in total. The van der Waals surface area contributed by atoms with E-state index in [1.54, 1.807) is 24.5 Å². The largest absolute Gasteiger partial charge is 0.267 e. The van der Waals surface area contributed by atoms with Gasteiger partial charge in [-0.1, -0.05) is 24.6 Å². The Bertz CT molecular complexity index is 726. The Morgan fingerprint density at radius 3 is 2.45 bits per heavy atom. The summed E-state index contributed by atoms with van der Waals surface area (Å²) in [7, 11) is -3.45. The maximum atomic E-state index is 12.6. The second kappa shape index (κ2) is 4.77. The maximum Gasteiger partial charge on any atom is 0.267 e. The van der Waals surface area contributed by atoms with Crippen molar-refractivity contribution < 1.29 is 8.42 Å². The predicted molar refractivity (Wildman–Crippen MR) is 79.4 cm³/mol. The lowest BCUT2D eigenvalue weighted by Gasteiger charge is -2.16. The molecular formula is C16H19NO2S. The summed E-state index contributed by atoms with van der Waals surface area (Å²) in [6.07, 6.45) is 6.68. The summed E-state index contributed by atoms with van der Waals surface area (Å²) in [6.45, 7) is 4.17. The maximum absolute atomic E-state index is 12.6. The van der Waals surface area contributed by atoms with Crippen LogP contribution in [0.3, 0.4) is 0 Å². The molecule has 1 aromatic carbocycles. The summed E-state index contributed by atoms with van der Waals surface area (Å²) in [5, 5.41) is 0. The molecule has 1 aliphatic rings. The van der Waals surface area contributed by atoms with Crippen molar-refractivity contribution in [1.82, 2.24) is 3.97 Å². The van der Waals surface area contributed by atoms with Crippen molar-refractivity contribution in [2.45, 2.75) is 38.0 Å². The monoisotopic (exact) mass is 289 g/mol. The third-order valence-corrected chi connectivity index (χ3v) is 5.68. The van der Waals surface area contributed by atoms with E-state index >= 15 is 0 Å². The van der Waals surface area contributed by atoms with E-state index in [4.69, 9.17) is 0 Å². The van der Waals surface area contributed by atoms with Crippen LogP contribution in [0.25, 0.3) is 0 Å². The minimum absolute atomic E-state index is 0.350. The van der Waals surface area contributed by atoms with E-state index in [1.807, 2.05) is 19.1 Å². The highest BCUT2D eigenvalue weighted by Crippen LogP contribution is 2.27. The van der Waals surface area contributed by atoms with Gasteiger partial charge in [-0.25, -0.2) is 12.4 Å². The Morgan fingerprint density at radius 2 is 1.75 bits per heavy atom. The van der Waals surface area contributed by atoms with Gasteiger partial charge in [-0.15, -0.1) is 0 Å². The lowest BCUT2D eigenvalue weighted by molar-refractivity contribution is 0.503. The first-order valence-electron chi connectivity index (χ1n) is 6.99. The Kier molecular flexibility index (Phi) is 3.21. The lowest BCUT2D eigenvalue weighted by Crippen LogP contribution is -2.10. The zero-order valence-electron chi connectivity index (χ0n) is 11.8. The Morgan fingerprint density at radius 1 is 1.10 bits per heavy atom. The number of aromatic nitrogens is 1. The van der Waals surface area contributed by atoms with E-state index in [1.165, 1.54) is 15.1 Å². The first kappa shape index (κ1) is 13.4. The van der Waals surface area contributed by atoms with Gasteiger partial charge >= 0.3 is 0 Å². The smallest absolute Gasteiger partial charge is 0.248 e. The van der Waals surface area contributed by atoms with Crippen LogP contribution in [0, 0.1) is 12.8 Å². The molecule has 1 atom stereocenters. The first-order chi connectivity index (χ1) is 9.46. The van der Waals surface area contributed by atoms with Crippen molar-refractivity contribution in [3.8, 4) is 0 Å². The molecule has 1 aromatic heterocycles. The van der Waals surface area contributed by atoms with Crippen LogP contribution in [0.15, 0.2) is 41.6 Å². The van der Waals surface area contributed by atoms with Gasteiger partial charge < -0.3 is 0 Å². The van der Waals surface area contributed by atoms with E-state index < -0.39 is 10.0 Å². The molecule has 0 spiro atoms. The number of nitrogens with zero attached hydrogens (tertiary/aromatic N) is 1. The van der Waals surface area contributed by atoms with Gasteiger partial charge in [-0.2, -0.15) is 0 Å². The van der Waals surface area contributed by atoms with E-state index in [0.717, 1.165) is 24.8 Å². The number of hydrogen-bond acceptors (Lipinski definition) is 2. The summed E-state index contributed by atoms with van der Waals surface area (Å²) < 4.78 is 26.6. The average Bonchev–Trinajstić information content (AvgIpc) is 2.83. The van der Waals surface area contributed by atoms with Crippen molar-refractivity contribution in [3.05, 3.63) is 53.3 Å². The molecule has 1 aliphatic carbocycles. The van der Waals surface area contributed by atoms with Crippen LogP contribution < -0.4 is 0 Å². The standard InChI is InChI=1S/C16H19NO2S/c1-12-4-7-16(8-5-12)20(18,19)17-10-14-6-3-13(2)9-15(14)11-17/h4-5,7-8,10-11,13H,3,6,9H2,1-2H3. The minimum Gasteiger partial charge on any atom is -0.248 e. The molecule has 3 rings (SSSR count). The number of rotatable bonds is 2. The molecule has 20 heavy (non-hydrogen) atoms. The van der Waals surface area contributed by atoms with Gasteiger partial charge in [0.2, 0.25) is 0 Å². The van der Waals surface area contributed by atoms with Gasteiger partial charge in [-0.3, -0.25) is 0 Å². The Balaban J connectivity index is 2.02. The second-order valence-electron chi connectivity index (χ2n) is 5.80. The third kappa shape index (κ3) is 2.29. The van der Waals surface area contributed by atoms with Crippen molar-refractivity contribution in [2.75, 3.05) is 0 Å². The molecule has 0 saturated carbocycles. The number of benzene rings is 1. The fraction of sp³-hybridized carbons (Fsp3) is 0.375. The van der Waals surface area contributed by atoms with Gasteiger partial charge in [0.1, 0.15) is 0 Å². The average molecular weight is 289 g/mol. The van der Waals surface area contributed by atoms with Crippen LogP contribution in [-0.4, -0.2) is 12.4 Å². The second-order valence-corrected chi connectivity index (χ2v) is 7.65. The van der Waals surface area contributed by atoms with Gasteiger partial charge in [-0.05, 0) is 55.4 Å². The molecular weight excluding hydrogens is 270 g/mol. The third-order valence-electron chi connectivity index (χ3n) is 4.05. The number of aryl methyl sites for hydroxylation is 2. The molecule has 106 valence electrons. The molecule has 1 heterocycles. The first-order valence-corrected chi connectivity index (χ1v) is 8.43. The van der Waals surface area contributed by atoms with E-state index in [-0.39, 0.29) is 0 Å². The molecule has 0 aliphatic heterocycles. The van der Waals surface area contributed by atoms with Crippen molar-refractivity contribution >= 4 is 10.0 Å². The Hall–Kier alpha value is -1.55. The SMILES string of the molecule is Cc1ccc(S(=O)(=O)n2cc3c(c2)CC(C)CC3)cc1. The number of hydrogen-bond donors (Lipinski definition) is 0. The summed E-state index contributed by atoms with van der Waals surface area (Å²) >= 11 is 0. The van der Waals surface area contributed by atoms with E-state index in [2.05, 4.69) is 6.92 Å². The highest BCUT2D eigenvalue weighted by molar-refractivity contribution is 7.90. The van der Waals surface area contributed by atoms with Crippen molar-refractivity contribution in [1.29, 1.82) is 0 Å². The molecule has 1 unspecified atom stereocenters. The fourth-order valence-electron chi connectivity index (χ4n) is 2.77. The van der Waals surface area contributed by atoms with Gasteiger partial charge in [0.25, 0.3) is 10.0 Å². The van der Waals surface area contributed by atoms with Crippen LogP contribution in [-0.2, 0) is 22.9 Å². The topological polar surface area (TPSA) is 39.1 Å². The normalized spacial score (nSPS) is 18.8. The Labute approximate surface area is 120 Å². The van der Waals surface area contributed by atoms with Gasteiger partial charge in [0.15, 0.2) is 0 Å². The van der Waals surface area contributed by atoms with Crippen LogP contribution in [0.1, 0.15) is 30.0 Å². The number of fused-ring (bicyclic) bond motifs is 1. The van der Waals surface area contributed by atoms with E-state index in [0.29, 0.717) is 10.8 Å². The van der Waals surface area contributed by atoms with Crippen LogP contribution in [0.4, 0.5) is 0 Å². The quantitative estimate of drug-likeness (QED) is 0.852. The highest BCUT2D eigenvalue weighted by Gasteiger charge is 2.22. The lowest BCUT2D eigenvalue weighted by atomic mass is 9.88.